The molecule has 0 aromatic heterocycles. The van der Waals surface area contributed by atoms with Crippen LogP contribution in [-0.4, -0.2) is 68.8 Å². The predicted molar refractivity (Wildman–Crippen MR) is 98.1 cm³/mol. The van der Waals surface area contributed by atoms with Crippen LogP contribution in [0.5, 0.6) is 5.75 Å². The van der Waals surface area contributed by atoms with Gasteiger partial charge in [-0.3, -0.25) is 4.79 Å². The zero-order chi connectivity index (χ0) is 17.9. The van der Waals surface area contributed by atoms with Gasteiger partial charge in [0.15, 0.2) is 0 Å². The Kier molecular flexibility index (Phi) is 5.64. The normalized spacial score (nSPS) is 23.2. The Balaban J connectivity index is 1.61. The second kappa shape index (κ2) is 7.75. The highest BCUT2D eigenvalue weighted by molar-refractivity contribution is 5.94. The maximum Gasteiger partial charge on any atom is 0.253 e. The van der Waals surface area contributed by atoms with E-state index in [4.69, 9.17) is 9.47 Å². The molecular formula is C20H30N2O3. The highest BCUT2D eigenvalue weighted by Gasteiger charge is 2.44. The number of nitrogens with zero attached hydrogens (tertiary/aromatic N) is 2. The summed E-state index contributed by atoms with van der Waals surface area (Å²) in [5.41, 5.74) is 1.07. The lowest BCUT2D eigenvalue weighted by Crippen LogP contribution is -2.44. The van der Waals surface area contributed by atoms with Crippen molar-refractivity contribution in [1.29, 1.82) is 0 Å². The lowest BCUT2D eigenvalue weighted by Gasteiger charge is -2.39. The summed E-state index contributed by atoms with van der Waals surface area (Å²) in [6.07, 6.45) is 3.34. The number of ether oxygens (including phenoxy) is 2. The number of carbonyl (C=O) groups is 1. The van der Waals surface area contributed by atoms with Crippen molar-refractivity contribution in [3.8, 4) is 5.75 Å². The van der Waals surface area contributed by atoms with Gasteiger partial charge < -0.3 is 19.3 Å². The summed E-state index contributed by atoms with van der Waals surface area (Å²) in [5.74, 6) is 0.887. The number of rotatable bonds is 5. The molecule has 5 heteroatoms. The second-order valence-corrected chi connectivity index (χ2v) is 7.48. The van der Waals surface area contributed by atoms with Gasteiger partial charge in [-0.05, 0) is 56.8 Å². The van der Waals surface area contributed by atoms with E-state index in [1.165, 1.54) is 6.42 Å². The third kappa shape index (κ3) is 3.98. The van der Waals surface area contributed by atoms with Gasteiger partial charge in [0, 0.05) is 38.3 Å². The number of carbonyl (C=O) groups excluding carboxylic acids is 1. The van der Waals surface area contributed by atoms with Crippen LogP contribution in [0.3, 0.4) is 0 Å². The fourth-order valence-corrected chi connectivity index (χ4v) is 4.37. The Morgan fingerprint density at radius 3 is 2.76 bits per heavy atom. The highest BCUT2D eigenvalue weighted by Crippen LogP contribution is 2.43. The van der Waals surface area contributed by atoms with Crippen LogP contribution in [0.2, 0.25) is 0 Å². The molecule has 1 aromatic carbocycles. The number of piperidine rings is 1. The number of hydrogen-bond donors (Lipinski definition) is 0. The fourth-order valence-electron chi connectivity index (χ4n) is 4.37. The summed E-state index contributed by atoms with van der Waals surface area (Å²) in [6.45, 7) is 6.15. The van der Waals surface area contributed by atoms with E-state index in [0.29, 0.717) is 18.1 Å². The molecule has 2 saturated heterocycles. The zero-order valence-electron chi connectivity index (χ0n) is 15.7. The van der Waals surface area contributed by atoms with Crippen LogP contribution in [0.1, 0.15) is 36.5 Å². The molecule has 0 aliphatic carbocycles. The Labute approximate surface area is 150 Å². The summed E-state index contributed by atoms with van der Waals surface area (Å²) < 4.78 is 10.9. The highest BCUT2D eigenvalue weighted by atomic mass is 16.5. The topological polar surface area (TPSA) is 42.0 Å². The van der Waals surface area contributed by atoms with E-state index in [9.17, 15) is 4.79 Å². The summed E-state index contributed by atoms with van der Waals surface area (Å²) in [6, 6.07) is 8.04. The molecule has 1 atom stereocenters. The van der Waals surface area contributed by atoms with Gasteiger partial charge in [-0.15, -0.1) is 0 Å². The first-order valence-corrected chi connectivity index (χ1v) is 9.28. The molecular weight excluding hydrogens is 316 g/mol. The monoisotopic (exact) mass is 346 g/mol. The maximum absolute atomic E-state index is 12.8. The standard InChI is InChI=1S/C20H30N2O3/c1-4-25-18-7-5-6-16(12-18)19(23)22-10-8-20(9-11-22)13-17(14-24-3)21(2)15-20/h5-7,12,17H,4,8-11,13-15H2,1-3H3/t17-/m1/s1. The van der Waals surface area contributed by atoms with Crippen molar-refractivity contribution in [2.24, 2.45) is 5.41 Å². The number of benzene rings is 1. The minimum atomic E-state index is 0.121. The minimum absolute atomic E-state index is 0.121. The molecule has 0 unspecified atom stereocenters. The Hall–Kier alpha value is -1.59. The molecule has 2 fully saturated rings. The van der Waals surface area contributed by atoms with Gasteiger partial charge in [-0.25, -0.2) is 0 Å². The number of hydrogen-bond acceptors (Lipinski definition) is 4. The van der Waals surface area contributed by atoms with Crippen molar-refractivity contribution in [3.63, 3.8) is 0 Å². The largest absolute Gasteiger partial charge is 0.494 e. The van der Waals surface area contributed by atoms with Crippen LogP contribution < -0.4 is 4.74 Å². The van der Waals surface area contributed by atoms with E-state index in [-0.39, 0.29) is 5.91 Å². The fraction of sp³-hybridized carbons (Fsp3) is 0.650. The van der Waals surface area contributed by atoms with E-state index in [2.05, 4.69) is 11.9 Å². The summed E-state index contributed by atoms with van der Waals surface area (Å²) in [4.78, 5) is 17.3. The van der Waals surface area contributed by atoms with Gasteiger partial charge in [0.1, 0.15) is 5.75 Å². The summed E-state index contributed by atoms with van der Waals surface area (Å²) in [7, 11) is 3.96. The predicted octanol–water partition coefficient (Wildman–Crippen LogP) is 2.66. The lowest BCUT2D eigenvalue weighted by molar-refractivity contribution is 0.0591. The zero-order valence-corrected chi connectivity index (χ0v) is 15.7. The molecule has 25 heavy (non-hydrogen) atoms. The van der Waals surface area contributed by atoms with E-state index < -0.39 is 0 Å². The first-order valence-electron chi connectivity index (χ1n) is 9.28. The van der Waals surface area contributed by atoms with Gasteiger partial charge in [-0.1, -0.05) is 6.07 Å². The average molecular weight is 346 g/mol. The molecule has 2 aliphatic rings. The van der Waals surface area contributed by atoms with Crippen molar-refractivity contribution in [2.45, 2.75) is 32.2 Å². The minimum Gasteiger partial charge on any atom is -0.494 e. The molecule has 1 amide bonds. The third-order valence-corrected chi connectivity index (χ3v) is 5.74. The molecule has 138 valence electrons. The van der Waals surface area contributed by atoms with E-state index in [1.54, 1.807) is 7.11 Å². The number of methoxy groups -OCH3 is 1. The van der Waals surface area contributed by atoms with Crippen molar-refractivity contribution in [3.05, 3.63) is 29.8 Å². The van der Waals surface area contributed by atoms with Gasteiger partial charge >= 0.3 is 0 Å². The quantitative estimate of drug-likeness (QED) is 0.822. The molecule has 2 heterocycles. The van der Waals surface area contributed by atoms with Crippen LogP contribution in [0, 0.1) is 5.41 Å². The van der Waals surface area contributed by atoms with Gasteiger partial charge in [0.05, 0.1) is 13.2 Å². The van der Waals surface area contributed by atoms with Gasteiger partial charge in [-0.2, -0.15) is 0 Å². The van der Waals surface area contributed by atoms with E-state index in [0.717, 1.165) is 50.4 Å². The van der Waals surface area contributed by atoms with Crippen LogP contribution in [0.25, 0.3) is 0 Å². The Morgan fingerprint density at radius 2 is 2.08 bits per heavy atom. The van der Waals surface area contributed by atoms with E-state index in [1.807, 2.05) is 36.1 Å². The molecule has 0 bridgehead atoms. The molecule has 1 spiro atoms. The van der Waals surface area contributed by atoms with Crippen molar-refractivity contribution in [1.82, 2.24) is 9.80 Å². The van der Waals surface area contributed by atoms with Crippen LogP contribution in [0.4, 0.5) is 0 Å². The smallest absolute Gasteiger partial charge is 0.253 e. The van der Waals surface area contributed by atoms with Crippen molar-refractivity contribution >= 4 is 5.91 Å². The SMILES string of the molecule is CCOc1cccc(C(=O)N2CCC3(CC2)C[C@H](COC)N(C)C3)c1. The Morgan fingerprint density at radius 1 is 1.32 bits per heavy atom. The maximum atomic E-state index is 12.8. The molecule has 2 aliphatic heterocycles. The van der Waals surface area contributed by atoms with Crippen LogP contribution in [-0.2, 0) is 4.74 Å². The third-order valence-electron chi connectivity index (χ3n) is 5.74. The number of likely N-dealkylation sites (N-methyl/N-ethyl adjacent to an activating group) is 1. The molecule has 1 aromatic rings. The summed E-state index contributed by atoms with van der Waals surface area (Å²) in [5, 5.41) is 0. The van der Waals surface area contributed by atoms with Crippen molar-refractivity contribution < 1.29 is 14.3 Å². The summed E-state index contributed by atoms with van der Waals surface area (Å²) >= 11 is 0. The Bertz CT molecular complexity index is 596. The molecule has 3 rings (SSSR count). The molecule has 0 saturated carbocycles. The first kappa shape index (κ1) is 18.2. The average Bonchev–Trinajstić information content (AvgIpc) is 2.91. The van der Waals surface area contributed by atoms with Crippen molar-refractivity contribution in [2.75, 3.05) is 47.0 Å². The van der Waals surface area contributed by atoms with Crippen LogP contribution in [0.15, 0.2) is 24.3 Å². The first-order chi connectivity index (χ1) is 12.1. The number of amides is 1. The molecule has 0 radical (unpaired) electrons. The van der Waals surface area contributed by atoms with Gasteiger partial charge in [0.2, 0.25) is 0 Å². The lowest BCUT2D eigenvalue weighted by atomic mass is 9.76. The van der Waals surface area contributed by atoms with E-state index >= 15 is 0 Å². The second-order valence-electron chi connectivity index (χ2n) is 7.48. The number of likely N-dealkylation sites (tertiary alicyclic amines) is 2. The van der Waals surface area contributed by atoms with Crippen LogP contribution >= 0.6 is 0 Å². The molecule has 0 N–H and O–H groups in total. The molecule has 5 nitrogen and oxygen atoms in total. The van der Waals surface area contributed by atoms with Gasteiger partial charge in [0.25, 0.3) is 5.91 Å².